The number of imide groups is 1. The SMILES string of the molecule is Cc1nnc(CN2CCN(S(=O)(=O)CCN3C(=O)c4ccccc4C3=O)CC2)o1. The lowest BCUT2D eigenvalue weighted by Crippen LogP contribution is -2.50. The van der Waals surface area contributed by atoms with Crippen molar-refractivity contribution in [1.29, 1.82) is 0 Å². The number of aromatic nitrogens is 2. The van der Waals surface area contributed by atoms with Crippen LogP contribution in [0, 0.1) is 6.92 Å². The second-order valence-electron chi connectivity index (χ2n) is 7.01. The lowest BCUT2D eigenvalue weighted by atomic mass is 10.1. The maximum atomic E-state index is 12.7. The van der Waals surface area contributed by atoms with Crippen molar-refractivity contribution in [2.24, 2.45) is 0 Å². The number of sulfonamides is 1. The molecule has 0 atom stereocenters. The Morgan fingerprint density at radius 3 is 2.17 bits per heavy atom. The number of carbonyl (C=O) groups excluding carboxylic acids is 2. The van der Waals surface area contributed by atoms with Gasteiger partial charge in [-0.05, 0) is 12.1 Å². The second kappa shape index (κ2) is 7.65. The van der Waals surface area contributed by atoms with E-state index in [9.17, 15) is 18.0 Å². The number of rotatable bonds is 6. The highest BCUT2D eigenvalue weighted by Crippen LogP contribution is 2.22. The van der Waals surface area contributed by atoms with E-state index in [4.69, 9.17) is 4.42 Å². The van der Waals surface area contributed by atoms with Crippen LogP contribution >= 0.6 is 0 Å². The Bertz CT molecular complexity index is 1010. The number of benzene rings is 1. The molecule has 10 nitrogen and oxygen atoms in total. The van der Waals surface area contributed by atoms with Crippen molar-refractivity contribution in [3.05, 3.63) is 47.2 Å². The van der Waals surface area contributed by atoms with Crippen molar-refractivity contribution in [3.63, 3.8) is 0 Å². The Balaban J connectivity index is 1.32. The molecule has 0 saturated carbocycles. The molecule has 0 unspecified atom stereocenters. The van der Waals surface area contributed by atoms with Crippen LogP contribution in [-0.2, 0) is 16.6 Å². The number of nitrogens with zero attached hydrogens (tertiary/aromatic N) is 5. The van der Waals surface area contributed by atoms with Crippen molar-refractivity contribution in [1.82, 2.24) is 24.3 Å². The fourth-order valence-electron chi connectivity index (χ4n) is 3.54. The van der Waals surface area contributed by atoms with Crippen LogP contribution in [-0.4, -0.2) is 83.0 Å². The number of piperazine rings is 1. The summed E-state index contributed by atoms with van der Waals surface area (Å²) in [5, 5.41) is 7.74. The maximum absolute atomic E-state index is 12.7. The fourth-order valence-corrected chi connectivity index (χ4v) is 4.93. The molecule has 3 heterocycles. The van der Waals surface area contributed by atoms with Gasteiger partial charge in [0.15, 0.2) is 0 Å². The van der Waals surface area contributed by atoms with Crippen LogP contribution in [0.25, 0.3) is 0 Å². The number of hydrogen-bond donors (Lipinski definition) is 0. The predicted molar refractivity (Wildman–Crippen MR) is 101 cm³/mol. The van der Waals surface area contributed by atoms with Gasteiger partial charge >= 0.3 is 0 Å². The molecular formula is C18H21N5O5S. The standard InChI is InChI=1S/C18H21N5O5S/c1-13-19-20-16(28-13)12-21-6-8-22(9-7-21)29(26,27)11-10-23-17(24)14-4-2-3-5-15(14)18(23)25/h2-5H,6-12H2,1H3. The summed E-state index contributed by atoms with van der Waals surface area (Å²) in [6.45, 7) is 3.77. The highest BCUT2D eigenvalue weighted by molar-refractivity contribution is 7.89. The third-order valence-electron chi connectivity index (χ3n) is 5.10. The van der Waals surface area contributed by atoms with Crippen LogP contribution in [0.2, 0.25) is 0 Å². The summed E-state index contributed by atoms with van der Waals surface area (Å²) in [7, 11) is -3.59. The third kappa shape index (κ3) is 3.93. The molecule has 2 aliphatic heterocycles. The topological polar surface area (TPSA) is 117 Å². The first kappa shape index (κ1) is 19.7. The van der Waals surface area contributed by atoms with E-state index in [2.05, 4.69) is 10.2 Å². The van der Waals surface area contributed by atoms with Crippen LogP contribution in [0.3, 0.4) is 0 Å². The van der Waals surface area contributed by atoms with Crippen LogP contribution in [0.15, 0.2) is 28.7 Å². The Morgan fingerprint density at radius 2 is 1.62 bits per heavy atom. The minimum Gasteiger partial charge on any atom is -0.424 e. The summed E-state index contributed by atoms with van der Waals surface area (Å²) in [5.41, 5.74) is 0.638. The molecule has 4 rings (SSSR count). The Hall–Kier alpha value is -2.63. The van der Waals surface area contributed by atoms with Crippen LogP contribution in [0.4, 0.5) is 0 Å². The van der Waals surface area contributed by atoms with Gasteiger partial charge in [0.1, 0.15) is 0 Å². The lowest BCUT2D eigenvalue weighted by Gasteiger charge is -2.33. The zero-order valence-electron chi connectivity index (χ0n) is 15.9. The quantitative estimate of drug-likeness (QED) is 0.606. The molecule has 154 valence electrons. The molecule has 0 spiro atoms. The van der Waals surface area contributed by atoms with E-state index < -0.39 is 21.8 Å². The van der Waals surface area contributed by atoms with E-state index in [1.807, 2.05) is 4.90 Å². The molecule has 1 saturated heterocycles. The van der Waals surface area contributed by atoms with Crippen LogP contribution < -0.4 is 0 Å². The molecule has 29 heavy (non-hydrogen) atoms. The average Bonchev–Trinajstić information content (AvgIpc) is 3.22. The van der Waals surface area contributed by atoms with Crippen LogP contribution in [0.5, 0.6) is 0 Å². The highest BCUT2D eigenvalue weighted by atomic mass is 32.2. The Morgan fingerprint density at radius 1 is 1.00 bits per heavy atom. The molecule has 1 aromatic carbocycles. The van der Waals surface area contributed by atoms with Gasteiger partial charge in [0, 0.05) is 39.6 Å². The molecule has 11 heteroatoms. The fraction of sp³-hybridized carbons (Fsp3) is 0.444. The minimum absolute atomic E-state index is 0.157. The van der Waals surface area contributed by atoms with Gasteiger partial charge in [0.2, 0.25) is 21.8 Å². The predicted octanol–water partition coefficient (Wildman–Crippen LogP) is 0.122. The lowest BCUT2D eigenvalue weighted by molar-refractivity contribution is 0.0663. The van der Waals surface area contributed by atoms with Gasteiger partial charge in [0.05, 0.1) is 23.4 Å². The first-order valence-electron chi connectivity index (χ1n) is 9.29. The van der Waals surface area contributed by atoms with E-state index in [-0.39, 0.29) is 12.3 Å². The van der Waals surface area contributed by atoms with Crippen LogP contribution in [0.1, 0.15) is 32.5 Å². The smallest absolute Gasteiger partial charge is 0.261 e. The van der Waals surface area contributed by atoms with Gasteiger partial charge in [-0.25, -0.2) is 8.42 Å². The molecule has 1 fully saturated rings. The first-order valence-corrected chi connectivity index (χ1v) is 10.9. The summed E-state index contributed by atoms with van der Waals surface area (Å²) < 4.78 is 32.2. The van der Waals surface area contributed by atoms with Crippen molar-refractivity contribution in [2.45, 2.75) is 13.5 Å². The van der Waals surface area contributed by atoms with Gasteiger partial charge in [-0.15, -0.1) is 10.2 Å². The Kier molecular flexibility index (Phi) is 5.19. The zero-order chi connectivity index (χ0) is 20.6. The van der Waals surface area contributed by atoms with E-state index in [0.717, 1.165) is 4.90 Å². The molecule has 2 amide bonds. The number of amides is 2. The summed E-state index contributed by atoms with van der Waals surface area (Å²) in [6, 6.07) is 6.51. The summed E-state index contributed by atoms with van der Waals surface area (Å²) in [5.74, 6) is -0.179. The van der Waals surface area contributed by atoms with Crippen molar-refractivity contribution in [2.75, 3.05) is 38.5 Å². The molecule has 2 aromatic rings. The molecule has 0 radical (unpaired) electrons. The van der Waals surface area contributed by atoms with E-state index in [1.165, 1.54) is 4.31 Å². The van der Waals surface area contributed by atoms with Gasteiger partial charge in [-0.3, -0.25) is 19.4 Å². The largest absolute Gasteiger partial charge is 0.424 e. The summed E-state index contributed by atoms with van der Waals surface area (Å²) in [6.07, 6.45) is 0. The van der Waals surface area contributed by atoms with Crippen molar-refractivity contribution >= 4 is 21.8 Å². The van der Waals surface area contributed by atoms with Gasteiger partial charge in [-0.1, -0.05) is 12.1 Å². The summed E-state index contributed by atoms with van der Waals surface area (Å²) in [4.78, 5) is 27.8. The van der Waals surface area contributed by atoms with Gasteiger partial charge in [0.25, 0.3) is 11.8 Å². The zero-order valence-corrected chi connectivity index (χ0v) is 16.8. The minimum atomic E-state index is -3.59. The molecule has 0 N–H and O–H groups in total. The van der Waals surface area contributed by atoms with Gasteiger partial charge < -0.3 is 4.42 Å². The van der Waals surface area contributed by atoms with Crippen molar-refractivity contribution in [3.8, 4) is 0 Å². The molecular weight excluding hydrogens is 398 g/mol. The molecule has 1 aromatic heterocycles. The molecule has 2 aliphatic rings. The van der Waals surface area contributed by atoms with Gasteiger partial charge in [-0.2, -0.15) is 4.31 Å². The monoisotopic (exact) mass is 419 g/mol. The molecule has 0 aliphatic carbocycles. The number of hydrogen-bond acceptors (Lipinski definition) is 8. The maximum Gasteiger partial charge on any atom is 0.261 e. The third-order valence-corrected chi connectivity index (χ3v) is 6.95. The first-order chi connectivity index (χ1) is 13.8. The highest BCUT2D eigenvalue weighted by Gasteiger charge is 2.36. The number of carbonyl (C=O) groups is 2. The Labute approximate surface area is 168 Å². The van der Waals surface area contributed by atoms with E-state index in [0.29, 0.717) is 55.6 Å². The average molecular weight is 419 g/mol. The number of fused-ring (bicyclic) bond motifs is 1. The number of aryl methyl sites for hydroxylation is 1. The second-order valence-corrected chi connectivity index (χ2v) is 9.10. The van der Waals surface area contributed by atoms with E-state index in [1.54, 1.807) is 31.2 Å². The van der Waals surface area contributed by atoms with E-state index >= 15 is 0 Å². The summed E-state index contributed by atoms with van der Waals surface area (Å²) >= 11 is 0. The van der Waals surface area contributed by atoms with Crippen molar-refractivity contribution < 1.29 is 22.4 Å². The normalized spacial score (nSPS) is 18.4. The molecule has 0 bridgehead atoms.